The number of nitrogen functional groups attached to an aromatic ring is 1. The Hall–Kier alpha value is -1.78. The molecule has 1 aromatic rings. The van der Waals surface area contributed by atoms with Crippen LogP contribution in [0.15, 0.2) is 18.2 Å². The molecule has 0 atom stereocenters. The maximum atomic E-state index is 11.0. The van der Waals surface area contributed by atoms with Crippen molar-refractivity contribution in [3.63, 3.8) is 0 Å². The summed E-state index contributed by atoms with van der Waals surface area (Å²) >= 11 is 0. The third-order valence-corrected chi connectivity index (χ3v) is 3.56. The monoisotopic (exact) mass is 249 g/mol. The summed E-state index contributed by atoms with van der Waals surface area (Å²) in [4.78, 5) is 10.6. The highest BCUT2D eigenvalue weighted by Crippen LogP contribution is 2.31. The minimum Gasteiger partial charge on any atom is -0.393 e. The lowest BCUT2D eigenvalue weighted by molar-refractivity contribution is -0.383. The molecule has 0 bridgehead atoms. The number of rotatable bonds is 4. The zero-order valence-corrected chi connectivity index (χ0v) is 10.4. The van der Waals surface area contributed by atoms with E-state index in [1.165, 1.54) is 32.1 Å². The van der Waals surface area contributed by atoms with Crippen LogP contribution in [0.5, 0.6) is 0 Å². The summed E-state index contributed by atoms with van der Waals surface area (Å²) in [5, 5.41) is 14.2. The second-order valence-corrected chi connectivity index (χ2v) is 4.89. The number of hydrogen-bond donors (Lipinski definition) is 2. The highest BCUT2D eigenvalue weighted by atomic mass is 16.6. The predicted octanol–water partition coefficient (Wildman–Crippen LogP) is 3.17. The van der Waals surface area contributed by atoms with E-state index in [-0.39, 0.29) is 11.4 Å². The van der Waals surface area contributed by atoms with Gasteiger partial charge in [-0.15, -0.1) is 0 Å². The molecule has 0 amide bonds. The minimum absolute atomic E-state index is 0.00619. The molecule has 1 aliphatic rings. The maximum Gasteiger partial charge on any atom is 0.314 e. The van der Waals surface area contributed by atoms with Crippen molar-refractivity contribution in [1.82, 2.24) is 0 Å². The van der Waals surface area contributed by atoms with Gasteiger partial charge in [0, 0.05) is 6.54 Å². The van der Waals surface area contributed by atoms with Crippen LogP contribution >= 0.6 is 0 Å². The number of anilines is 2. The zero-order chi connectivity index (χ0) is 13.0. The molecule has 1 aromatic carbocycles. The van der Waals surface area contributed by atoms with Crippen molar-refractivity contribution in [1.29, 1.82) is 0 Å². The zero-order valence-electron chi connectivity index (χ0n) is 10.4. The summed E-state index contributed by atoms with van der Waals surface area (Å²) in [5.74, 6) is 0.625. The largest absolute Gasteiger partial charge is 0.393 e. The van der Waals surface area contributed by atoms with E-state index in [9.17, 15) is 10.1 Å². The highest BCUT2D eigenvalue weighted by molar-refractivity contribution is 5.74. The van der Waals surface area contributed by atoms with Crippen LogP contribution in [0, 0.1) is 16.0 Å². The first-order valence-corrected chi connectivity index (χ1v) is 6.45. The molecule has 1 fully saturated rings. The molecular weight excluding hydrogens is 230 g/mol. The van der Waals surface area contributed by atoms with Crippen molar-refractivity contribution >= 4 is 17.1 Å². The fourth-order valence-electron chi connectivity index (χ4n) is 2.55. The van der Waals surface area contributed by atoms with Crippen molar-refractivity contribution in [2.24, 2.45) is 5.92 Å². The Bertz CT molecular complexity index is 428. The Morgan fingerprint density at radius 2 is 2.06 bits per heavy atom. The van der Waals surface area contributed by atoms with E-state index in [0.717, 1.165) is 6.54 Å². The van der Waals surface area contributed by atoms with E-state index in [0.29, 0.717) is 11.6 Å². The average molecular weight is 249 g/mol. The van der Waals surface area contributed by atoms with Crippen LogP contribution in [0.2, 0.25) is 0 Å². The van der Waals surface area contributed by atoms with Crippen molar-refractivity contribution in [2.45, 2.75) is 32.1 Å². The van der Waals surface area contributed by atoms with Gasteiger partial charge in [0.1, 0.15) is 11.4 Å². The van der Waals surface area contributed by atoms with Crippen LogP contribution in [0.1, 0.15) is 32.1 Å². The summed E-state index contributed by atoms with van der Waals surface area (Å²) in [5.41, 5.74) is 6.39. The number of hydrogen-bond acceptors (Lipinski definition) is 4. The molecule has 1 aliphatic carbocycles. The summed E-state index contributed by atoms with van der Waals surface area (Å²) in [7, 11) is 0. The molecule has 0 heterocycles. The third kappa shape index (κ3) is 2.91. The quantitative estimate of drug-likeness (QED) is 0.488. The summed E-state index contributed by atoms with van der Waals surface area (Å²) in [6, 6.07) is 5.02. The number of para-hydroxylation sites is 1. The van der Waals surface area contributed by atoms with E-state index in [1.807, 2.05) is 0 Å². The van der Waals surface area contributed by atoms with Crippen LogP contribution in [-0.4, -0.2) is 11.5 Å². The van der Waals surface area contributed by atoms with Crippen LogP contribution in [0.25, 0.3) is 0 Å². The van der Waals surface area contributed by atoms with Crippen molar-refractivity contribution in [3.8, 4) is 0 Å². The molecule has 0 aliphatic heterocycles. The van der Waals surface area contributed by atoms with Gasteiger partial charge in [0.2, 0.25) is 0 Å². The second-order valence-electron chi connectivity index (χ2n) is 4.89. The van der Waals surface area contributed by atoms with Gasteiger partial charge in [-0.1, -0.05) is 25.3 Å². The molecule has 0 unspecified atom stereocenters. The van der Waals surface area contributed by atoms with E-state index in [2.05, 4.69) is 5.32 Å². The molecule has 5 nitrogen and oxygen atoms in total. The van der Waals surface area contributed by atoms with Gasteiger partial charge in [0.15, 0.2) is 0 Å². The smallest absolute Gasteiger partial charge is 0.314 e. The molecule has 2 rings (SSSR count). The molecule has 5 heteroatoms. The fourth-order valence-corrected chi connectivity index (χ4v) is 2.55. The Balaban J connectivity index is 2.04. The van der Waals surface area contributed by atoms with E-state index < -0.39 is 4.92 Å². The van der Waals surface area contributed by atoms with Gasteiger partial charge in [0.25, 0.3) is 0 Å². The standard InChI is InChI=1S/C13H19N3O2/c14-11-7-4-8-12(13(11)16(17)18)15-9-10-5-2-1-3-6-10/h4,7-8,10,15H,1-3,5-6,9,14H2. The predicted molar refractivity (Wildman–Crippen MR) is 72.6 cm³/mol. The number of nitro groups is 1. The topological polar surface area (TPSA) is 81.2 Å². The molecule has 98 valence electrons. The van der Waals surface area contributed by atoms with Crippen LogP contribution < -0.4 is 11.1 Å². The van der Waals surface area contributed by atoms with Gasteiger partial charge in [-0.25, -0.2) is 0 Å². The van der Waals surface area contributed by atoms with E-state index in [4.69, 9.17) is 5.73 Å². The van der Waals surface area contributed by atoms with Gasteiger partial charge in [-0.3, -0.25) is 10.1 Å². The number of nitrogens with zero attached hydrogens (tertiary/aromatic N) is 1. The van der Waals surface area contributed by atoms with Crippen molar-refractivity contribution < 1.29 is 4.92 Å². The minimum atomic E-state index is -0.418. The molecule has 3 N–H and O–H groups in total. The van der Waals surface area contributed by atoms with Crippen molar-refractivity contribution in [3.05, 3.63) is 28.3 Å². The SMILES string of the molecule is Nc1cccc(NCC2CCCCC2)c1[N+](=O)[O-]. The summed E-state index contributed by atoms with van der Waals surface area (Å²) in [6.45, 7) is 0.796. The molecular formula is C13H19N3O2. The van der Waals surface area contributed by atoms with Gasteiger partial charge in [-0.2, -0.15) is 0 Å². The number of benzene rings is 1. The third-order valence-electron chi connectivity index (χ3n) is 3.56. The Labute approximate surface area is 107 Å². The molecule has 0 radical (unpaired) electrons. The van der Waals surface area contributed by atoms with Gasteiger partial charge in [-0.05, 0) is 30.9 Å². The fraction of sp³-hybridized carbons (Fsp3) is 0.538. The Kier molecular flexibility index (Phi) is 4.02. The summed E-state index contributed by atoms with van der Waals surface area (Å²) < 4.78 is 0. The molecule has 0 saturated heterocycles. The lowest BCUT2D eigenvalue weighted by atomic mass is 9.89. The van der Waals surface area contributed by atoms with Gasteiger partial charge < -0.3 is 11.1 Å². The van der Waals surface area contributed by atoms with Gasteiger partial charge >= 0.3 is 5.69 Å². The molecule has 18 heavy (non-hydrogen) atoms. The number of nitro benzene ring substituents is 1. The van der Waals surface area contributed by atoms with E-state index in [1.54, 1.807) is 18.2 Å². The lowest BCUT2D eigenvalue weighted by Crippen LogP contribution is -2.17. The highest BCUT2D eigenvalue weighted by Gasteiger charge is 2.19. The first-order valence-electron chi connectivity index (χ1n) is 6.45. The first kappa shape index (κ1) is 12.7. The van der Waals surface area contributed by atoms with Gasteiger partial charge in [0.05, 0.1) is 4.92 Å². The second kappa shape index (κ2) is 5.71. The maximum absolute atomic E-state index is 11.0. The Morgan fingerprint density at radius 1 is 1.33 bits per heavy atom. The molecule has 1 saturated carbocycles. The van der Waals surface area contributed by atoms with Crippen LogP contribution in [0.4, 0.5) is 17.1 Å². The number of nitrogens with two attached hydrogens (primary N) is 1. The summed E-state index contributed by atoms with van der Waals surface area (Å²) in [6.07, 6.45) is 6.28. The van der Waals surface area contributed by atoms with Crippen LogP contribution in [-0.2, 0) is 0 Å². The number of nitrogens with one attached hydrogen (secondary N) is 1. The molecule has 0 spiro atoms. The molecule has 0 aromatic heterocycles. The first-order chi connectivity index (χ1) is 8.68. The van der Waals surface area contributed by atoms with E-state index >= 15 is 0 Å². The normalized spacial score (nSPS) is 16.4. The van der Waals surface area contributed by atoms with Crippen molar-refractivity contribution in [2.75, 3.05) is 17.6 Å². The lowest BCUT2D eigenvalue weighted by Gasteiger charge is -2.22. The average Bonchev–Trinajstić information content (AvgIpc) is 2.37. The Morgan fingerprint density at radius 3 is 2.72 bits per heavy atom. The van der Waals surface area contributed by atoms with Crippen LogP contribution in [0.3, 0.4) is 0 Å².